The molecule has 0 spiro atoms. The van der Waals surface area contributed by atoms with Crippen LogP contribution in [0.4, 0.5) is 0 Å². The second kappa shape index (κ2) is 7.15. The first-order valence-corrected chi connectivity index (χ1v) is 8.48. The van der Waals surface area contributed by atoms with E-state index in [1.165, 1.54) is 0 Å². The molecule has 0 saturated carbocycles. The fourth-order valence-electron chi connectivity index (χ4n) is 2.17. The average Bonchev–Trinajstić information content (AvgIpc) is 2.54. The van der Waals surface area contributed by atoms with Crippen molar-refractivity contribution in [1.82, 2.24) is 0 Å². The molecule has 0 amide bonds. The van der Waals surface area contributed by atoms with Crippen LogP contribution in [0.1, 0.15) is 0 Å². The highest BCUT2D eigenvalue weighted by atomic mass is 79.9. The average molecular weight is 436 g/mol. The van der Waals surface area contributed by atoms with E-state index in [0.717, 1.165) is 19.7 Å². The fourth-order valence-corrected chi connectivity index (χ4v) is 3.33. The second-order valence-corrected chi connectivity index (χ2v) is 6.58. The zero-order chi connectivity index (χ0) is 16.2. The minimum absolute atomic E-state index is 0.163. The van der Waals surface area contributed by atoms with Crippen LogP contribution >= 0.6 is 31.9 Å². The molecular weight excluding hydrogens is 424 g/mol. The Morgan fingerprint density at radius 1 is 0.913 bits per heavy atom. The number of carbonyl (C=O) groups is 1. The van der Waals surface area contributed by atoms with Crippen molar-refractivity contribution in [1.29, 1.82) is 0 Å². The predicted octanol–water partition coefficient (Wildman–Crippen LogP) is 5.35. The van der Waals surface area contributed by atoms with Gasteiger partial charge in [0.25, 0.3) is 0 Å². The standard InChI is InChI=1S/C18H12Br2O3/c19-13-8-9-17(15(20)10-13)22-11-18(21)23-16-7-3-5-12-4-1-2-6-14(12)16/h1-10H,11H2. The van der Waals surface area contributed by atoms with Crippen LogP contribution in [0.5, 0.6) is 11.5 Å². The first-order chi connectivity index (χ1) is 11.1. The van der Waals surface area contributed by atoms with Gasteiger partial charge in [-0.25, -0.2) is 4.79 Å². The molecule has 0 aliphatic carbocycles. The van der Waals surface area contributed by atoms with Gasteiger partial charge in [0, 0.05) is 9.86 Å². The van der Waals surface area contributed by atoms with Crippen LogP contribution in [0.3, 0.4) is 0 Å². The van der Waals surface area contributed by atoms with Crippen molar-refractivity contribution in [2.45, 2.75) is 0 Å². The van der Waals surface area contributed by atoms with E-state index in [1.54, 1.807) is 12.1 Å². The number of carbonyl (C=O) groups excluding carboxylic acids is 1. The van der Waals surface area contributed by atoms with E-state index in [4.69, 9.17) is 9.47 Å². The molecule has 3 nitrogen and oxygen atoms in total. The summed E-state index contributed by atoms with van der Waals surface area (Å²) in [5, 5.41) is 1.92. The summed E-state index contributed by atoms with van der Waals surface area (Å²) in [7, 11) is 0. The normalized spacial score (nSPS) is 10.5. The van der Waals surface area contributed by atoms with Crippen LogP contribution < -0.4 is 9.47 Å². The van der Waals surface area contributed by atoms with Gasteiger partial charge in [-0.2, -0.15) is 0 Å². The third kappa shape index (κ3) is 3.92. The lowest BCUT2D eigenvalue weighted by Crippen LogP contribution is -2.18. The number of ether oxygens (including phenoxy) is 2. The number of fused-ring (bicyclic) bond motifs is 1. The maximum absolute atomic E-state index is 12.0. The van der Waals surface area contributed by atoms with Crippen molar-refractivity contribution in [3.05, 3.63) is 69.6 Å². The monoisotopic (exact) mass is 434 g/mol. The third-order valence-corrected chi connectivity index (χ3v) is 4.33. The molecule has 0 heterocycles. The molecule has 3 rings (SSSR count). The van der Waals surface area contributed by atoms with Crippen LogP contribution in [0.15, 0.2) is 69.6 Å². The highest BCUT2D eigenvalue weighted by molar-refractivity contribution is 9.11. The number of hydrogen-bond acceptors (Lipinski definition) is 3. The molecule has 0 fully saturated rings. The van der Waals surface area contributed by atoms with E-state index in [2.05, 4.69) is 31.9 Å². The molecular formula is C18H12Br2O3. The van der Waals surface area contributed by atoms with Crippen molar-refractivity contribution in [2.24, 2.45) is 0 Å². The van der Waals surface area contributed by atoms with Gasteiger partial charge >= 0.3 is 5.97 Å². The number of esters is 1. The second-order valence-electron chi connectivity index (χ2n) is 4.81. The molecule has 5 heteroatoms. The predicted molar refractivity (Wildman–Crippen MR) is 96.9 cm³/mol. The SMILES string of the molecule is O=C(COc1ccc(Br)cc1Br)Oc1cccc2ccccc12. The molecule has 3 aromatic carbocycles. The Morgan fingerprint density at radius 2 is 1.70 bits per heavy atom. The van der Waals surface area contributed by atoms with Crippen molar-refractivity contribution in [2.75, 3.05) is 6.61 Å². The fraction of sp³-hybridized carbons (Fsp3) is 0.0556. The molecule has 0 aliphatic heterocycles. The Hall–Kier alpha value is -1.85. The van der Waals surface area contributed by atoms with Gasteiger partial charge in [0.1, 0.15) is 11.5 Å². The van der Waals surface area contributed by atoms with E-state index >= 15 is 0 Å². The van der Waals surface area contributed by atoms with Crippen molar-refractivity contribution in [3.8, 4) is 11.5 Å². The van der Waals surface area contributed by atoms with Crippen molar-refractivity contribution < 1.29 is 14.3 Å². The number of halogens is 2. The van der Waals surface area contributed by atoms with E-state index < -0.39 is 5.97 Å². The van der Waals surface area contributed by atoms with Gasteiger partial charge < -0.3 is 9.47 Å². The van der Waals surface area contributed by atoms with Gasteiger partial charge in [0.05, 0.1) is 4.47 Å². The van der Waals surface area contributed by atoms with Crippen LogP contribution in [0, 0.1) is 0 Å². The molecule has 0 atom stereocenters. The first kappa shape index (κ1) is 16.0. The smallest absolute Gasteiger partial charge is 0.349 e. The number of hydrogen-bond donors (Lipinski definition) is 0. The molecule has 3 aromatic rings. The summed E-state index contributed by atoms with van der Waals surface area (Å²) in [6.07, 6.45) is 0. The van der Waals surface area contributed by atoms with Gasteiger partial charge in [0.2, 0.25) is 0 Å². The van der Waals surface area contributed by atoms with Crippen LogP contribution in [-0.2, 0) is 4.79 Å². The van der Waals surface area contributed by atoms with Crippen LogP contribution in [-0.4, -0.2) is 12.6 Å². The summed E-state index contributed by atoms with van der Waals surface area (Å²) in [5.41, 5.74) is 0. The highest BCUT2D eigenvalue weighted by Crippen LogP contribution is 2.28. The summed E-state index contributed by atoms with van der Waals surface area (Å²) in [5.74, 6) is 0.672. The lowest BCUT2D eigenvalue weighted by molar-refractivity contribution is -0.136. The van der Waals surface area contributed by atoms with E-state index in [-0.39, 0.29) is 6.61 Å². The number of benzene rings is 3. The minimum atomic E-state index is -0.448. The van der Waals surface area contributed by atoms with Crippen LogP contribution in [0.25, 0.3) is 10.8 Å². The maximum Gasteiger partial charge on any atom is 0.349 e. The third-order valence-electron chi connectivity index (χ3n) is 3.21. The molecule has 116 valence electrons. The van der Waals surface area contributed by atoms with E-state index in [9.17, 15) is 4.79 Å². The zero-order valence-electron chi connectivity index (χ0n) is 12.0. The topological polar surface area (TPSA) is 35.5 Å². The van der Waals surface area contributed by atoms with Gasteiger partial charge in [-0.1, -0.05) is 52.3 Å². The van der Waals surface area contributed by atoms with Crippen LogP contribution in [0.2, 0.25) is 0 Å². The van der Waals surface area contributed by atoms with Gasteiger partial charge in [0.15, 0.2) is 6.61 Å². The largest absolute Gasteiger partial charge is 0.481 e. The molecule has 0 radical (unpaired) electrons. The minimum Gasteiger partial charge on any atom is -0.481 e. The molecule has 0 aliphatic rings. The van der Waals surface area contributed by atoms with Gasteiger partial charge in [-0.3, -0.25) is 0 Å². The van der Waals surface area contributed by atoms with E-state index in [1.807, 2.05) is 48.5 Å². The highest BCUT2D eigenvalue weighted by Gasteiger charge is 2.10. The lowest BCUT2D eigenvalue weighted by atomic mass is 10.1. The Labute approximate surface area is 150 Å². The maximum atomic E-state index is 12.0. The zero-order valence-corrected chi connectivity index (χ0v) is 15.1. The Kier molecular flexibility index (Phi) is 4.98. The van der Waals surface area contributed by atoms with Crippen molar-refractivity contribution >= 4 is 48.6 Å². The van der Waals surface area contributed by atoms with Gasteiger partial charge in [-0.05, 0) is 45.6 Å². The summed E-state index contributed by atoms with van der Waals surface area (Å²) in [6, 6.07) is 18.8. The summed E-state index contributed by atoms with van der Waals surface area (Å²) in [4.78, 5) is 12.0. The quantitative estimate of drug-likeness (QED) is 0.409. The molecule has 23 heavy (non-hydrogen) atoms. The Bertz CT molecular complexity index is 857. The van der Waals surface area contributed by atoms with Crippen molar-refractivity contribution in [3.63, 3.8) is 0 Å². The molecule has 0 bridgehead atoms. The summed E-state index contributed by atoms with van der Waals surface area (Å²) >= 11 is 6.76. The summed E-state index contributed by atoms with van der Waals surface area (Å²) < 4.78 is 12.6. The number of rotatable bonds is 4. The summed E-state index contributed by atoms with van der Waals surface area (Å²) in [6.45, 7) is -0.163. The Balaban J connectivity index is 1.69. The molecule has 0 unspecified atom stereocenters. The van der Waals surface area contributed by atoms with Gasteiger partial charge in [-0.15, -0.1) is 0 Å². The first-order valence-electron chi connectivity index (χ1n) is 6.90. The molecule has 0 N–H and O–H groups in total. The Morgan fingerprint density at radius 3 is 2.52 bits per heavy atom. The van der Waals surface area contributed by atoms with E-state index in [0.29, 0.717) is 11.5 Å². The lowest BCUT2D eigenvalue weighted by Gasteiger charge is -2.10. The molecule has 0 aromatic heterocycles. The molecule has 0 saturated heterocycles.